The molecule has 0 radical (unpaired) electrons. The third-order valence-corrected chi connectivity index (χ3v) is 8.55. The van der Waals surface area contributed by atoms with Gasteiger partial charge in [-0.15, -0.1) is 0 Å². The van der Waals surface area contributed by atoms with Crippen LogP contribution in [0.15, 0.2) is 22.7 Å². The van der Waals surface area contributed by atoms with E-state index in [0.717, 1.165) is 49.7 Å². The van der Waals surface area contributed by atoms with Crippen LogP contribution in [0.4, 0.5) is 0 Å². The minimum Gasteiger partial charge on any atom is -0.491 e. The number of likely N-dealkylation sites (tertiary alicyclic amines) is 1. The van der Waals surface area contributed by atoms with Crippen LogP contribution in [0.5, 0.6) is 5.75 Å². The molecule has 0 amide bonds. The van der Waals surface area contributed by atoms with Crippen molar-refractivity contribution in [3.63, 3.8) is 0 Å². The van der Waals surface area contributed by atoms with E-state index in [-0.39, 0.29) is 6.10 Å². The van der Waals surface area contributed by atoms with Gasteiger partial charge >= 0.3 is 0 Å². The number of rotatable bonds is 12. The van der Waals surface area contributed by atoms with Crippen LogP contribution < -0.4 is 4.74 Å². The summed E-state index contributed by atoms with van der Waals surface area (Å²) in [5.41, 5.74) is 1.40. The Hall–Kier alpha value is -0.620. The molecule has 2 fully saturated rings. The second kappa shape index (κ2) is 14.1. The van der Waals surface area contributed by atoms with Gasteiger partial charge in [-0.1, -0.05) is 22.9 Å². The standard InChI is InChI=1S/C28H47BrN2O2/c1-5-31(18-19-32-4)26-8-6-23(7-9-26)12-15-30-16-13-24(14-17-30)20-25-21-27(33-22(2)3)10-11-28(25)29/h10-11,21-24,26H,5-9,12-20H2,1-4H3. The predicted octanol–water partition coefficient (Wildman–Crippen LogP) is 6.41. The minimum absolute atomic E-state index is 0.221. The van der Waals surface area contributed by atoms with Crippen LogP contribution >= 0.6 is 15.9 Å². The SMILES string of the molecule is CCN(CCOC)C1CCC(CCN2CCC(Cc3cc(OC(C)C)ccc3Br)CC2)CC1. The third-order valence-electron chi connectivity index (χ3n) is 7.78. The van der Waals surface area contributed by atoms with E-state index in [1.54, 1.807) is 0 Å². The summed E-state index contributed by atoms with van der Waals surface area (Å²) in [4.78, 5) is 5.36. The van der Waals surface area contributed by atoms with Crippen molar-refractivity contribution in [2.45, 2.75) is 84.3 Å². The number of halogens is 1. The molecule has 2 aliphatic rings. The fourth-order valence-electron chi connectivity index (χ4n) is 5.75. The van der Waals surface area contributed by atoms with E-state index in [2.05, 4.69) is 64.7 Å². The van der Waals surface area contributed by atoms with Crippen molar-refractivity contribution >= 4 is 15.9 Å². The molecule has 4 nitrogen and oxygen atoms in total. The maximum Gasteiger partial charge on any atom is 0.120 e. The number of hydrogen-bond acceptors (Lipinski definition) is 4. The molecule has 33 heavy (non-hydrogen) atoms. The monoisotopic (exact) mass is 522 g/mol. The second-order valence-electron chi connectivity index (χ2n) is 10.5. The summed E-state index contributed by atoms with van der Waals surface area (Å²) in [6.45, 7) is 13.4. The summed E-state index contributed by atoms with van der Waals surface area (Å²) < 4.78 is 12.4. The molecule has 0 bridgehead atoms. The van der Waals surface area contributed by atoms with Crippen molar-refractivity contribution in [2.24, 2.45) is 11.8 Å². The van der Waals surface area contributed by atoms with E-state index in [1.807, 2.05) is 7.11 Å². The number of piperidine rings is 1. The Kier molecular flexibility index (Phi) is 11.5. The van der Waals surface area contributed by atoms with Crippen molar-refractivity contribution in [1.82, 2.24) is 9.80 Å². The molecule has 0 aromatic heterocycles. The van der Waals surface area contributed by atoms with Crippen molar-refractivity contribution in [3.05, 3.63) is 28.2 Å². The normalized spacial score (nSPS) is 22.9. The highest BCUT2D eigenvalue weighted by Crippen LogP contribution is 2.32. The lowest BCUT2D eigenvalue weighted by molar-refractivity contribution is 0.0924. The van der Waals surface area contributed by atoms with Gasteiger partial charge in [-0.3, -0.25) is 4.90 Å². The first-order chi connectivity index (χ1) is 16.0. The number of likely N-dealkylation sites (N-methyl/N-ethyl adjacent to an activating group) is 1. The van der Waals surface area contributed by atoms with Crippen LogP contribution in [0.2, 0.25) is 0 Å². The third kappa shape index (κ3) is 8.83. The lowest BCUT2D eigenvalue weighted by atomic mass is 9.83. The Labute approximate surface area is 211 Å². The van der Waals surface area contributed by atoms with E-state index in [9.17, 15) is 0 Å². The summed E-state index contributed by atoms with van der Waals surface area (Å²) in [5, 5.41) is 0. The quantitative estimate of drug-likeness (QED) is 0.316. The number of benzene rings is 1. The van der Waals surface area contributed by atoms with Crippen LogP contribution in [0.1, 0.15) is 71.3 Å². The molecule has 1 aliphatic heterocycles. The maximum absolute atomic E-state index is 5.91. The molecule has 0 spiro atoms. The molecule has 1 saturated carbocycles. The van der Waals surface area contributed by atoms with Gasteiger partial charge in [0, 0.05) is 24.2 Å². The van der Waals surface area contributed by atoms with Gasteiger partial charge < -0.3 is 14.4 Å². The first kappa shape index (κ1) is 27.0. The van der Waals surface area contributed by atoms with Gasteiger partial charge in [0.15, 0.2) is 0 Å². The highest BCUT2D eigenvalue weighted by Gasteiger charge is 2.26. The van der Waals surface area contributed by atoms with Gasteiger partial charge in [-0.2, -0.15) is 0 Å². The number of ether oxygens (including phenoxy) is 2. The topological polar surface area (TPSA) is 24.9 Å². The summed E-state index contributed by atoms with van der Waals surface area (Å²) in [7, 11) is 1.81. The molecule has 0 unspecified atom stereocenters. The van der Waals surface area contributed by atoms with E-state index in [1.165, 1.54) is 74.6 Å². The summed E-state index contributed by atoms with van der Waals surface area (Å²) in [6, 6.07) is 7.24. The van der Waals surface area contributed by atoms with Crippen LogP contribution in [0.3, 0.4) is 0 Å². The van der Waals surface area contributed by atoms with Crippen molar-refractivity contribution in [3.8, 4) is 5.75 Å². The van der Waals surface area contributed by atoms with Crippen molar-refractivity contribution < 1.29 is 9.47 Å². The smallest absolute Gasteiger partial charge is 0.120 e. The molecule has 1 aromatic rings. The molecule has 1 aliphatic carbocycles. The van der Waals surface area contributed by atoms with Gasteiger partial charge in [0.05, 0.1) is 12.7 Å². The maximum atomic E-state index is 5.91. The molecule has 188 valence electrons. The van der Waals surface area contributed by atoms with Crippen LogP contribution in [0.25, 0.3) is 0 Å². The van der Waals surface area contributed by atoms with Crippen molar-refractivity contribution in [1.29, 1.82) is 0 Å². The van der Waals surface area contributed by atoms with E-state index in [4.69, 9.17) is 9.47 Å². The highest BCUT2D eigenvalue weighted by atomic mass is 79.9. The molecular weight excluding hydrogens is 476 g/mol. The molecule has 3 rings (SSSR count). The van der Waals surface area contributed by atoms with E-state index in [0.29, 0.717) is 0 Å². The molecule has 1 heterocycles. The number of methoxy groups -OCH3 is 1. The van der Waals surface area contributed by atoms with Gasteiger partial charge in [-0.05, 0) is 127 Å². The van der Waals surface area contributed by atoms with Gasteiger partial charge in [0.1, 0.15) is 5.75 Å². The summed E-state index contributed by atoms with van der Waals surface area (Å²) >= 11 is 3.76. The summed E-state index contributed by atoms with van der Waals surface area (Å²) in [5.74, 6) is 2.71. The zero-order valence-electron chi connectivity index (χ0n) is 21.5. The molecular formula is C28H47BrN2O2. The number of nitrogens with zero attached hydrogens (tertiary/aromatic N) is 2. The molecule has 1 saturated heterocycles. The Morgan fingerprint density at radius 2 is 1.79 bits per heavy atom. The Morgan fingerprint density at radius 1 is 1.06 bits per heavy atom. The number of hydrogen-bond donors (Lipinski definition) is 0. The molecule has 0 atom stereocenters. The molecule has 1 aromatic carbocycles. The fraction of sp³-hybridized carbons (Fsp3) is 0.786. The summed E-state index contributed by atoms with van der Waals surface area (Å²) in [6.07, 6.45) is 11.0. The Morgan fingerprint density at radius 3 is 2.42 bits per heavy atom. The molecule has 5 heteroatoms. The lowest BCUT2D eigenvalue weighted by Gasteiger charge is -2.37. The first-order valence-electron chi connectivity index (χ1n) is 13.4. The van der Waals surface area contributed by atoms with E-state index < -0.39 is 0 Å². The fourth-order valence-corrected chi connectivity index (χ4v) is 6.16. The average Bonchev–Trinajstić information content (AvgIpc) is 2.81. The van der Waals surface area contributed by atoms with Gasteiger partial charge in [0.25, 0.3) is 0 Å². The van der Waals surface area contributed by atoms with E-state index >= 15 is 0 Å². The van der Waals surface area contributed by atoms with Crippen LogP contribution in [-0.4, -0.2) is 68.4 Å². The zero-order valence-corrected chi connectivity index (χ0v) is 23.1. The minimum atomic E-state index is 0.221. The predicted molar refractivity (Wildman–Crippen MR) is 142 cm³/mol. The van der Waals surface area contributed by atoms with Gasteiger partial charge in [0.2, 0.25) is 0 Å². The van der Waals surface area contributed by atoms with Crippen LogP contribution in [0, 0.1) is 11.8 Å². The van der Waals surface area contributed by atoms with Gasteiger partial charge in [-0.25, -0.2) is 0 Å². The highest BCUT2D eigenvalue weighted by molar-refractivity contribution is 9.10. The van der Waals surface area contributed by atoms with Crippen molar-refractivity contribution in [2.75, 3.05) is 46.4 Å². The molecule has 0 N–H and O–H groups in total. The van der Waals surface area contributed by atoms with Crippen LogP contribution in [-0.2, 0) is 11.2 Å². The average molecular weight is 524 g/mol. The first-order valence-corrected chi connectivity index (χ1v) is 14.2. The zero-order chi connectivity index (χ0) is 23.6. The lowest BCUT2D eigenvalue weighted by Crippen LogP contribution is -2.40. The Bertz CT molecular complexity index is 682. The largest absolute Gasteiger partial charge is 0.491 e. The Balaban J connectivity index is 1.35. The second-order valence-corrected chi connectivity index (χ2v) is 11.3.